The van der Waals surface area contributed by atoms with Gasteiger partial charge in [0.2, 0.25) is 5.91 Å². The highest BCUT2D eigenvalue weighted by Crippen LogP contribution is 2.16. The molecule has 13 heavy (non-hydrogen) atoms. The average molecular weight is 184 g/mol. The molecule has 4 heteroatoms. The number of nitrogens with zero attached hydrogens (tertiary/aromatic N) is 1. The van der Waals surface area contributed by atoms with Gasteiger partial charge in [-0.3, -0.25) is 4.79 Å². The first-order chi connectivity index (χ1) is 6.24. The fraction of sp³-hybridized carbons (Fsp3) is 0.778. The molecule has 1 amide bonds. The summed E-state index contributed by atoms with van der Waals surface area (Å²) in [6.07, 6.45) is 3.20. The van der Waals surface area contributed by atoms with E-state index >= 15 is 0 Å². The van der Waals surface area contributed by atoms with Crippen LogP contribution >= 0.6 is 0 Å². The van der Waals surface area contributed by atoms with E-state index in [1.54, 1.807) is 0 Å². The van der Waals surface area contributed by atoms with Crippen LogP contribution < -0.4 is 5.73 Å². The van der Waals surface area contributed by atoms with E-state index < -0.39 is 0 Å². The zero-order valence-electron chi connectivity index (χ0n) is 7.74. The van der Waals surface area contributed by atoms with Gasteiger partial charge in [-0.25, -0.2) is 0 Å². The average Bonchev–Trinajstić information content (AvgIpc) is 2.15. The quantitative estimate of drug-likeness (QED) is 0.614. The van der Waals surface area contributed by atoms with Crippen LogP contribution in [-0.2, 0) is 9.59 Å². The highest BCUT2D eigenvalue weighted by atomic mass is 16.1. The van der Waals surface area contributed by atoms with E-state index in [9.17, 15) is 9.59 Å². The van der Waals surface area contributed by atoms with Gasteiger partial charge in [-0.1, -0.05) is 0 Å². The van der Waals surface area contributed by atoms with Crippen LogP contribution in [0.5, 0.6) is 0 Å². The van der Waals surface area contributed by atoms with Crippen molar-refractivity contribution in [2.45, 2.75) is 19.3 Å². The van der Waals surface area contributed by atoms with E-state index in [0.29, 0.717) is 6.42 Å². The van der Waals surface area contributed by atoms with Gasteiger partial charge < -0.3 is 15.4 Å². The summed E-state index contributed by atoms with van der Waals surface area (Å²) in [5.74, 6) is -0.137. The Morgan fingerprint density at radius 1 is 1.46 bits per heavy atom. The monoisotopic (exact) mass is 184 g/mol. The number of carbonyl (C=O) groups is 2. The zero-order chi connectivity index (χ0) is 9.68. The number of aldehydes is 1. The lowest BCUT2D eigenvalue weighted by Gasteiger charge is -2.29. The topological polar surface area (TPSA) is 63.4 Å². The summed E-state index contributed by atoms with van der Waals surface area (Å²) >= 11 is 0. The number of hydrogen-bond donors (Lipinski definition) is 1. The van der Waals surface area contributed by atoms with E-state index in [4.69, 9.17) is 5.73 Å². The van der Waals surface area contributed by atoms with Crippen LogP contribution in [0.4, 0.5) is 0 Å². The number of nitrogens with two attached hydrogens (primary N) is 1. The normalized spacial score (nSPS) is 20.0. The lowest BCUT2D eigenvalue weighted by atomic mass is 9.96. The van der Waals surface area contributed by atoms with E-state index in [1.165, 1.54) is 0 Å². The third-order valence-corrected chi connectivity index (χ3v) is 2.55. The van der Waals surface area contributed by atoms with Crippen molar-refractivity contribution in [3.63, 3.8) is 0 Å². The molecule has 0 aliphatic carbocycles. The first kappa shape index (κ1) is 10.2. The summed E-state index contributed by atoms with van der Waals surface area (Å²) in [6.45, 7) is 2.60. The highest BCUT2D eigenvalue weighted by molar-refractivity contribution is 5.76. The Morgan fingerprint density at radius 2 is 2.08 bits per heavy atom. The molecule has 74 valence electrons. The molecule has 1 rings (SSSR count). The Kier molecular flexibility index (Phi) is 3.89. The first-order valence-electron chi connectivity index (χ1n) is 4.69. The molecule has 0 unspecified atom stereocenters. The third kappa shape index (κ3) is 3.14. The fourth-order valence-corrected chi connectivity index (χ4v) is 1.68. The van der Waals surface area contributed by atoms with Crippen LogP contribution in [0, 0.1) is 5.92 Å². The van der Waals surface area contributed by atoms with Gasteiger partial charge >= 0.3 is 0 Å². The number of hydrogen-bond acceptors (Lipinski definition) is 3. The van der Waals surface area contributed by atoms with Crippen molar-refractivity contribution in [2.24, 2.45) is 11.7 Å². The lowest BCUT2D eigenvalue weighted by molar-refractivity contribution is -0.123. The van der Waals surface area contributed by atoms with Crippen LogP contribution in [0.1, 0.15) is 19.3 Å². The number of carbonyl (C=O) groups excluding carboxylic acids is 2. The van der Waals surface area contributed by atoms with Gasteiger partial charge in [0, 0.05) is 18.9 Å². The predicted molar refractivity (Wildman–Crippen MR) is 49.0 cm³/mol. The van der Waals surface area contributed by atoms with Crippen LogP contribution in [-0.4, -0.2) is 36.7 Å². The Balaban J connectivity index is 2.22. The molecule has 1 saturated heterocycles. The number of likely N-dealkylation sites (tertiary alicyclic amines) is 1. The zero-order valence-corrected chi connectivity index (χ0v) is 7.74. The second-order valence-corrected chi connectivity index (χ2v) is 3.47. The first-order valence-corrected chi connectivity index (χ1v) is 4.69. The van der Waals surface area contributed by atoms with Gasteiger partial charge in [0.1, 0.15) is 6.29 Å². The molecule has 0 radical (unpaired) electrons. The molecule has 4 nitrogen and oxygen atoms in total. The number of primary amides is 1. The predicted octanol–water partition coefficient (Wildman–Crippen LogP) is -0.227. The Bertz CT molecular complexity index is 186. The van der Waals surface area contributed by atoms with Crippen LogP contribution in [0.25, 0.3) is 0 Å². The molecule has 1 heterocycles. The summed E-state index contributed by atoms with van der Waals surface area (Å²) in [5.41, 5.74) is 5.20. The molecule has 0 atom stereocenters. The van der Waals surface area contributed by atoms with Crippen LogP contribution in [0.3, 0.4) is 0 Å². The maximum Gasteiger partial charge on any atom is 0.220 e. The summed E-state index contributed by atoms with van der Waals surface area (Å²) in [4.78, 5) is 23.1. The van der Waals surface area contributed by atoms with Crippen LogP contribution in [0.2, 0.25) is 0 Å². The second-order valence-electron chi connectivity index (χ2n) is 3.47. The third-order valence-electron chi connectivity index (χ3n) is 2.55. The summed E-state index contributed by atoms with van der Waals surface area (Å²) in [6, 6.07) is 0. The van der Waals surface area contributed by atoms with E-state index in [1.807, 2.05) is 0 Å². The van der Waals surface area contributed by atoms with Gasteiger partial charge in [-0.15, -0.1) is 0 Å². The minimum Gasteiger partial charge on any atom is -0.369 e. The van der Waals surface area contributed by atoms with Gasteiger partial charge in [-0.05, 0) is 25.9 Å². The lowest BCUT2D eigenvalue weighted by Crippen LogP contribution is -2.38. The molecule has 0 aromatic heterocycles. The SMILES string of the molecule is NC(=O)C1CCN(CCC=O)CC1. The molecule has 1 aliphatic heterocycles. The molecular formula is C9H16N2O2. The summed E-state index contributed by atoms with van der Waals surface area (Å²) < 4.78 is 0. The Labute approximate surface area is 78.1 Å². The Hall–Kier alpha value is -0.900. The standard InChI is InChI=1S/C9H16N2O2/c10-9(13)8-2-5-11(6-3-8)4-1-7-12/h7-8H,1-6H2,(H2,10,13). The highest BCUT2D eigenvalue weighted by Gasteiger charge is 2.22. The number of amides is 1. The smallest absolute Gasteiger partial charge is 0.220 e. The fourth-order valence-electron chi connectivity index (χ4n) is 1.68. The molecule has 0 spiro atoms. The van der Waals surface area contributed by atoms with Gasteiger partial charge in [0.15, 0.2) is 0 Å². The number of piperidine rings is 1. The van der Waals surface area contributed by atoms with Crippen molar-refractivity contribution in [3.8, 4) is 0 Å². The van der Waals surface area contributed by atoms with Crippen molar-refractivity contribution in [2.75, 3.05) is 19.6 Å². The van der Waals surface area contributed by atoms with E-state index in [2.05, 4.69) is 4.90 Å². The van der Waals surface area contributed by atoms with E-state index in [-0.39, 0.29) is 11.8 Å². The molecule has 0 saturated carbocycles. The van der Waals surface area contributed by atoms with Gasteiger partial charge in [0.05, 0.1) is 0 Å². The minimum atomic E-state index is -0.185. The molecule has 1 aliphatic rings. The Morgan fingerprint density at radius 3 is 2.54 bits per heavy atom. The molecule has 0 aromatic rings. The summed E-state index contributed by atoms with van der Waals surface area (Å²) in [5, 5.41) is 0. The molecular weight excluding hydrogens is 168 g/mol. The van der Waals surface area contributed by atoms with Crippen molar-refractivity contribution >= 4 is 12.2 Å². The summed E-state index contributed by atoms with van der Waals surface area (Å²) in [7, 11) is 0. The maximum absolute atomic E-state index is 10.8. The van der Waals surface area contributed by atoms with Gasteiger partial charge in [-0.2, -0.15) is 0 Å². The largest absolute Gasteiger partial charge is 0.369 e. The van der Waals surface area contributed by atoms with E-state index in [0.717, 1.165) is 38.8 Å². The second kappa shape index (κ2) is 4.97. The number of rotatable bonds is 4. The molecule has 1 fully saturated rings. The van der Waals surface area contributed by atoms with Crippen molar-refractivity contribution in [1.82, 2.24) is 4.90 Å². The van der Waals surface area contributed by atoms with Crippen molar-refractivity contribution in [3.05, 3.63) is 0 Å². The molecule has 2 N–H and O–H groups in total. The van der Waals surface area contributed by atoms with Crippen LogP contribution in [0.15, 0.2) is 0 Å². The van der Waals surface area contributed by atoms with Gasteiger partial charge in [0.25, 0.3) is 0 Å². The van der Waals surface area contributed by atoms with Crippen molar-refractivity contribution < 1.29 is 9.59 Å². The maximum atomic E-state index is 10.8. The minimum absolute atomic E-state index is 0.0486. The molecule has 0 bridgehead atoms. The van der Waals surface area contributed by atoms with Crippen molar-refractivity contribution in [1.29, 1.82) is 0 Å². The molecule has 0 aromatic carbocycles.